The molecule has 25 heavy (non-hydrogen) atoms. The molecular weight excluding hydrogens is 376 g/mol. The Hall–Kier alpha value is -1.07. The lowest BCUT2D eigenvalue weighted by Gasteiger charge is -2.33. The normalized spacial score (nSPS) is 25.0. The SMILES string of the molecule is CCCCN1CCC(NC(=NC)NC2CC2c2ccc(Br)cc2)CC1. The lowest BCUT2D eigenvalue weighted by Crippen LogP contribution is -2.49. The van der Waals surface area contributed by atoms with Crippen LogP contribution in [0.5, 0.6) is 0 Å². The molecule has 5 heteroatoms. The third-order valence-corrected chi connectivity index (χ3v) is 5.92. The van der Waals surface area contributed by atoms with E-state index in [1.807, 2.05) is 7.05 Å². The summed E-state index contributed by atoms with van der Waals surface area (Å²) in [6.45, 7) is 5.94. The fraction of sp³-hybridized carbons (Fsp3) is 0.650. The Balaban J connectivity index is 1.41. The monoisotopic (exact) mass is 406 g/mol. The van der Waals surface area contributed by atoms with Crippen LogP contribution < -0.4 is 10.6 Å². The molecular formula is C20H31BrN4. The molecule has 3 rings (SSSR count). The van der Waals surface area contributed by atoms with Crippen molar-refractivity contribution in [3.05, 3.63) is 34.3 Å². The van der Waals surface area contributed by atoms with Gasteiger partial charge in [0, 0.05) is 42.6 Å². The lowest BCUT2D eigenvalue weighted by molar-refractivity contribution is 0.203. The Morgan fingerprint density at radius 2 is 1.92 bits per heavy atom. The molecule has 0 spiro atoms. The quantitative estimate of drug-likeness (QED) is 0.558. The summed E-state index contributed by atoms with van der Waals surface area (Å²) >= 11 is 3.51. The van der Waals surface area contributed by atoms with Crippen LogP contribution in [-0.2, 0) is 0 Å². The zero-order valence-corrected chi connectivity index (χ0v) is 17.1. The first-order valence-electron chi connectivity index (χ1n) is 9.67. The topological polar surface area (TPSA) is 39.7 Å². The molecule has 1 aliphatic heterocycles. The van der Waals surface area contributed by atoms with Crippen molar-refractivity contribution in [1.82, 2.24) is 15.5 Å². The number of halogens is 1. The molecule has 0 amide bonds. The van der Waals surface area contributed by atoms with Crippen LogP contribution in [0.4, 0.5) is 0 Å². The second-order valence-corrected chi connectivity index (χ2v) is 8.25. The van der Waals surface area contributed by atoms with Gasteiger partial charge in [0.25, 0.3) is 0 Å². The first-order chi connectivity index (χ1) is 12.2. The van der Waals surface area contributed by atoms with E-state index in [0.717, 1.165) is 10.4 Å². The Morgan fingerprint density at radius 1 is 1.20 bits per heavy atom. The third-order valence-electron chi connectivity index (χ3n) is 5.39. The average molecular weight is 407 g/mol. The summed E-state index contributed by atoms with van der Waals surface area (Å²) < 4.78 is 1.14. The van der Waals surface area contributed by atoms with Gasteiger partial charge in [-0.2, -0.15) is 0 Å². The van der Waals surface area contributed by atoms with Gasteiger partial charge in [-0.3, -0.25) is 4.99 Å². The van der Waals surface area contributed by atoms with E-state index in [1.54, 1.807) is 0 Å². The van der Waals surface area contributed by atoms with Gasteiger partial charge in [0.05, 0.1) is 0 Å². The molecule has 2 aliphatic rings. The largest absolute Gasteiger partial charge is 0.354 e. The molecule has 1 saturated heterocycles. The number of guanidine groups is 1. The van der Waals surface area contributed by atoms with E-state index in [9.17, 15) is 0 Å². The van der Waals surface area contributed by atoms with Crippen LogP contribution in [0.15, 0.2) is 33.7 Å². The second-order valence-electron chi connectivity index (χ2n) is 7.33. The first-order valence-corrected chi connectivity index (χ1v) is 10.5. The summed E-state index contributed by atoms with van der Waals surface area (Å²) in [4.78, 5) is 7.05. The van der Waals surface area contributed by atoms with Gasteiger partial charge in [-0.05, 0) is 49.9 Å². The lowest BCUT2D eigenvalue weighted by atomic mass is 10.0. The summed E-state index contributed by atoms with van der Waals surface area (Å²) in [6.07, 6.45) is 6.23. The average Bonchev–Trinajstić information content (AvgIpc) is 3.40. The molecule has 1 aromatic rings. The number of likely N-dealkylation sites (tertiary alicyclic amines) is 1. The summed E-state index contributed by atoms with van der Waals surface area (Å²) in [7, 11) is 1.88. The van der Waals surface area contributed by atoms with Crippen molar-refractivity contribution in [1.29, 1.82) is 0 Å². The molecule has 2 N–H and O–H groups in total. The zero-order valence-electron chi connectivity index (χ0n) is 15.5. The number of nitrogens with one attached hydrogen (secondary N) is 2. The van der Waals surface area contributed by atoms with Crippen molar-refractivity contribution in [2.75, 3.05) is 26.7 Å². The van der Waals surface area contributed by atoms with Crippen LogP contribution in [0.2, 0.25) is 0 Å². The van der Waals surface area contributed by atoms with Crippen LogP contribution in [0.1, 0.15) is 50.5 Å². The van der Waals surface area contributed by atoms with Crippen molar-refractivity contribution in [3.63, 3.8) is 0 Å². The van der Waals surface area contributed by atoms with Crippen LogP contribution >= 0.6 is 15.9 Å². The van der Waals surface area contributed by atoms with Gasteiger partial charge in [-0.1, -0.05) is 41.4 Å². The number of piperidine rings is 1. The molecule has 138 valence electrons. The molecule has 2 fully saturated rings. The summed E-state index contributed by atoms with van der Waals surface area (Å²) in [5, 5.41) is 7.25. The predicted octanol–water partition coefficient (Wildman–Crippen LogP) is 3.73. The predicted molar refractivity (Wildman–Crippen MR) is 109 cm³/mol. The van der Waals surface area contributed by atoms with E-state index in [2.05, 4.69) is 67.6 Å². The van der Waals surface area contributed by atoms with Crippen molar-refractivity contribution in [2.45, 2.75) is 57.0 Å². The number of hydrogen-bond acceptors (Lipinski definition) is 2. The molecule has 1 aromatic carbocycles. The van der Waals surface area contributed by atoms with Gasteiger partial charge >= 0.3 is 0 Å². The Bertz CT molecular complexity index is 564. The van der Waals surface area contributed by atoms with E-state index in [4.69, 9.17) is 0 Å². The number of hydrogen-bond donors (Lipinski definition) is 2. The fourth-order valence-electron chi connectivity index (χ4n) is 3.66. The molecule has 0 radical (unpaired) electrons. The van der Waals surface area contributed by atoms with E-state index >= 15 is 0 Å². The van der Waals surface area contributed by atoms with Gasteiger partial charge in [-0.25, -0.2) is 0 Å². The van der Waals surface area contributed by atoms with Gasteiger partial charge in [0.2, 0.25) is 0 Å². The van der Waals surface area contributed by atoms with Gasteiger partial charge in [0.15, 0.2) is 5.96 Å². The minimum Gasteiger partial charge on any atom is -0.354 e. The van der Waals surface area contributed by atoms with Crippen molar-refractivity contribution < 1.29 is 0 Å². The summed E-state index contributed by atoms with van der Waals surface area (Å²) in [6, 6.07) is 9.76. The number of unbranched alkanes of at least 4 members (excludes halogenated alkanes) is 1. The maximum absolute atomic E-state index is 4.45. The third kappa shape index (κ3) is 5.45. The van der Waals surface area contributed by atoms with E-state index < -0.39 is 0 Å². The number of nitrogens with zero attached hydrogens (tertiary/aromatic N) is 2. The fourth-order valence-corrected chi connectivity index (χ4v) is 3.92. The van der Waals surface area contributed by atoms with Crippen LogP contribution in [0.25, 0.3) is 0 Å². The van der Waals surface area contributed by atoms with Gasteiger partial charge in [0.1, 0.15) is 0 Å². The summed E-state index contributed by atoms with van der Waals surface area (Å²) in [5.41, 5.74) is 1.42. The minimum absolute atomic E-state index is 0.511. The van der Waals surface area contributed by atoms with Crippen LogP contribution in [-0.4, -0.2) is 49.6 Å². The molecule has 0 bridgehead atoms. The highest BCUT2D eigenvalue weighted by Crippen LogP contribution is 2.41. The zero-order chi connectivity index (χ0) is 17.6. The maximum atomic E-state index is 4.45. The van der Waals surface area contributed by atoms with E-state index in [1.165, 1.54) is 57.3 Å². The van der Waals surface area contributed by atoms with Crippen molar-refractivity contribution >= 4 is 21.9 Å². The van der Waals surface area contributed by atoms with Crippen LogP contribution in [0.3, 0.4) is 0 Å². The molecule has 1 heterocycles. The molecule has 2 atom stereocenters. The molecule has 1 aliphatic carbocycles. The Labute approximate surface area is 160 Å². The number of rotatable bonds is 6. The van der Waals surface area contributed by atoms with Gasteiger partial charge in [-0.15, -0.1) is 0 Å². The standard InChI is InChI=1S/C20H31BrN4/c1-3-4-11-25-12-9-17(10-13-25)23-20(22-2)24-19-14-18(19)15-5-7-16(21)8-6-15/h5-8,17-19H,3-4,9-14H2,1-2H3,(H2,22,23,24). The van der Waals surface area contributed by atoms with Gasteiger partial charge < -0.3 is 15.5 Å². The summed E-state index contributed by atoms with van der Waals surface area (Å²) in [5.74, 6) is 1.58. The van der Waals surface area contributed by atoms with E-state index in [-0.39, 0.29) is 0 Å². The van der Waals surface area contributed by atoms with E-state index in [0.29, 0.717) is 18.0 Å². The molecule has 4 nitrogen and oxygen atoms in total. The highest BCUT2D eigenvalue weighted by atomic mass is 79.9. The smallest absolute Gasteiger partial charge is 0.191 e. The molecule has 2 unspecified atom stereocenters. The highest BCUT2D eigenvalue weighted by molar-refractivity contribution is 9.10. The van der Waals surface area contributed by atoms with Crippen LogP contribution in [0, 0.1) is 0 Å². The Kier molecular flexibility index (Phi) is 6.77. The maximum Gasteiger partial charge on any atom is 0.191 e. The molecule has 0 aromatic heterocycles. The number of aliphatic imine (C=N–C) groups is 1. The first kappa shape index (κ1) is 18.7. The number of benzene rings is 1. The Morgan fingerprint density at radius 3 is 2.56 bits per heavy atom. The molecule has 1 saturated carbocycles. The van der Waals surface area contributed by atoms with Crippen molar-refractivity contribution in [3.8, 4) is 0 Å². The highest BCUT2D eigenvalue weighted by Gasteiger charge is 2.39. The second kappa shape index (κ2) is 9.04. The van der Waals surface area contributed by atoms with Crippen molar-refractivity contribution in [2.24, 2.45) is 4.99 Å². The minimum atomic E-state index is 0.511.